The van der Waals surface area contributed by atoms with Gasteiger partial charge in [-0.2, -0.15) is 10.2 Å². The molecular formula is C28H24N2O2. The number of aliphatic hydroxyl groups excluding tert-OH is 2. The van der Waals surface area contributed by atoms with Crippen LogP contribution in [0, 0.1) is 0 Å². The quantitative estimate of drug-likeness (QED) is 0.313. The fraction of sp³-hybridized carbons (Fsp3) is 0.0714. The zero-order valence-electron chi connectivity index (χ0n) is 17.5. The maximum Gasteiger partial charge on any atom is 0.123 e. The first kappa shape index (κ1) is 21.4. The van der Waals surface area contributed by atoms with Gasteiger partial charge in [-0.05, 0) is 11.1 Å². The molecule has 2 unspecified atom stereocenters. The van der Waals surface area contributed by atoms with Crippen molar-refractivity contribution in [3.05, 3.63) is 144 Å². The van der Waals surface area contributed by atoms with E-state index >= 15 is 0 Å². The van der Waals surface area contributed by atoms with Crippen LogP contribution < -0.4 is 0 Å². The van der Waals surface area contributed by atoms with Crippen LogP contribution in [-0.2, 0) is 0 Å². The summed E-state index contributed by atoms with van der Waals surface area (Å²) in [6.45, 7) is 0. The summed E-state index contributed by atoms with van der Waals surface area (Å²) in [5.41, 5.74) is 3.77. The number of aliphatic hydroxyl groups is 2. The summed E-state index contributed by atoms with van der Waals surface area (Å²) in [6, 6.07) is 37.6. The Morgan fingerprint density at radius 1 is 0.438 bits per heavy atom. The van der Waals surface area contributed by atoms with Gasteiger partial charge < -0.3 is 10.2 Å². The van der Waals surface area contributed by atoms with Crippen LogP contribution in [-0.4, -0.2) is 21.6 Å². The SMILES string of the molecule is OC(/C(=N\N=C(\c1ccccc1)C(O)c1ccccc1)c1ccccc1)c1ccccc1. The lowest BCUT2D eigenvalue weighted by atomic mass is 9.99. The van der Waals surface area contributed by atoms with E-state index in [9.17, 15) is 10.2 Å². The molecule has 2 atom stereocenters. The van der Waals surface area contributed by atoms with Gasteiger partial charge in [0.1, 0.15) is 23.6 Å². The van der Waals surface area contributed by atoms with Gasteiger partial charge in [0.05, 0.1) is 0 Å². The Balaban J connectivity index is 1.82. The van der Waals surface area contributed by atoms with Gasteiger partial charge in [0.25, 0.3) is 0 Å². The smallest absolute Gasteiger partial charge is 0.123 e. The molecule has 0 saturated carbocycles. The Morgan fingerprint density at radius 3 is 1.03 bits per heavy atom. The van der Waals surface area contributed by atoms with Gasteiger partial charge in [-0.3, -0.25) is 0 Å². The van der Waals surface area contributed by atoms with E-state index in [1.807, 2.05) is 121 Å². The third-order valence-electron chi connectivity index (χ3n) is 5.15. The molecule has 0 saturated heterocycles. The molecule has 0 spiro atoms. The van der Waals surface area contributed by atoms with Gasteiger partial charge in [-0.15, -0.1) is 0 Å². The van der Waals surface area contributed by atoms with E-state index in [-0.39, 0.29) is 0 Å². The molecule has 158 valence electrons. The second kappa shape index (κ2) is 10.4. The predicted octanol–water partition coefficient (Wildman–Crippen LogP) is 5.35. The third kappa shape index (κ3) is 5.06. The van der Waals surface area contributed by atoms with E-state index in [0.717, 1.165) is 22.3 Å². The first-order valence-electron chi connectivity index (χ1n) is 10.5. The van der Waals surface area contributed by atoms with E-state index in [4.69, 9.17) is 0 Å². The van der Waals surface area contributed by atoms with Gasteiger partial charge in [-0.1, -0.05) is 121 Å². The minimum absolute atomic E-state index is 0.408. The van der Waals surface area contributed by atoms with Gasteiger partial charge in [0.15, 0.2) is 0 Å². The molecule has 4 heteroatoms. The van der Waals surface area contributed by atoms with Crippen LogP contribution in [0.2, 0.25) is 0 Å². The molecular weight excluding hydrogens is 396 g/mol. The molecule has 0 bridgehead atoms. The lowest BCUT2D eigenvalue weighted by Gasteiger charge is -2.16. The largest absolute Gasteiger partial charge is 0.382 e. The van der Waals surface area contributed by atoms with Crippen LogP contribution in [0.5, 0.6) is 0 Å². The van der Waals surface area contributed by atoms with Crippen molar-refractivity contribution in [2.75, 3.05) is 0 Å². The summed E-state index contributed by atoms with van der Waals surface area (Å²) in [7, 11) is 0. The molecule has 0 aliphatic rings. The van der Waals surface area contributed by atoms with Crippen molar-refractivity contribution >= 4 is 11.4 Å². The summed E-state index contributed by atoms with van der Waals surface area (Å²) >= 11 is 0. The van der Waals surface area contributed by atoms with E-state index in [1.54, 1.807) is 0 Å². The molecule has 0 fully saturated rings. The first-order valence-corrected chi connectivity index (χ1v) is 10.5. The number of rotatable bonds is 7. The van der Waals surface area contributed by atoms with E-state index in [2.05, 4.69) is 10.2 Å². The van der Waals surface area contributed by atoms with Gasteiger partial charge in [0.2, 0.25) is 0 Å². The molecule has 4 rings (SSSR count). The Hall–Kier alpha value is -3.86. The zero-order chi connectivity index (χ0) is 22.2. The highest BCUT2D eigenvalue weighted by molar-refractivity contribution is 6.07. The summed E-state index contributed by atoms with van der Waals surface area (Å²) in [6.07, 6.45) is -1.93. The van der Waals surface area contributed by atoms with Gasteiger partial charge in [0, 0.05) is 11.1 Å². The average molecular weight is 421 g/mol. The molecule has 4 nitrogen and oxygen atoms in total. The molecule has 2 N–H and O–H groups in total. The van der Waals surface area contributed by atoms with E-state index in [0.29, 0.717) is 11.4 Å². The molecule has 0 heterocycles. The predicted molar refractivity (Wildman–Crippen MR) is 129 cm³/mol. The molecule has 0 aliphatic heterocycles. The molecule has 0 aromatic heterocycles. The van der Waals surface area contributed by atoms with Crippen LogP contribution in [0.25, 0.3) is 0 Å². The fourth-order valence-electron chi connectivity index (χ4n) is 3.45. The molecule has 0 radical (unpaired) electrons. The summed E-state index contributed by atoms with van der Waals surface area (Å²) in [5, 5.41) is 31.2. The van der Waals surface area contributed by atoms with Crippen molar-refractivity contribution in [1.82, 2.24) is 0 Å². The summed E-state index contributed by atoms with van der Waals surface area (Å²) < 4.78 is 0. The number of hydrogen-bond donors (Lipinski definition) is 2. The Morgan fingerprint density at radius 2 is 0.719 bits per heavy atom. The Bertz CT molecular complexity index is 1080. The monoisotopic (exact) mass is 420 g/mol. The average Bonchev–Trinajstić information content (AvgIpc) is 2.88. The Kier molecular flexibility index (Phi) is 6.98. The minimum atomic E-state index is -0.965. The van der Waals surface area contributed by atoms with Crippen molar-refractivity contribution in [3.8, 4) is 0 Å². The van der Waals surface area contributed by atoms with Crippen LogP contribution in [0.1, 0.15) is 34.5 Å². The van der Waals surface area contributed by atoms with Crippen molar-refractivity contribution in [2.24, 2.45) is 10.2 Å². The van der Waals surface area contributed by atoms with Crippen molar-refractivity contribution in [1.29, 1.82) is 0 Å². The maximum absolute atomic E-state index is 11.1. The van der Waals surface area contributed by atoms with Crippen LogP contribution >= 0.6 is 0 Å². The number of hydrogen-bond acceptors (Lipinski definition) is 4. The molecule has 0 aliphatic carbocycles. The van der Waals surface area contributed by atoms with Gasteiger partial charge in [-0.25, -0.2) is 0 Å². The zero-order valence-corrected chi connectivity index (χ0v) is 17.5. The second-order valence-corrected chi connectivity index (χ2v) is 7.33. The van der Waals surface area contributed by atoms with Crippen molar-refractivity contribution < 1.29 is 10.2 Å². The standard InChI is InChI=1S/C28H24N2O2/c31-27(23-17-9-3-10-18-23)25(21-13-5-1-6-14-21)29-30-26(22-15-7-2-8-16-22)28(32)24-19-11-4-12-20-24/h1-20,27-28,31-32H/b29-25-,30-26-. The maximum atomic E-state index is 11.1. The molecule has 4 aromatic rings. The highest BCUT2D eigenvalue weighted by atomic mass is 16.3. The van der Waals surface area contributed by atoms with E-state index in [1.165, 1.54) is 0 Å². The van der Waals surface area contributed by atoms with Crippen LogP contribution in [0.4, 0.5) is 0 Å². The molecule has 0 amide bonds. The molecule has 4 aromatic carbocycles. The normalized spacial score (nSPS) is 14.1. The number of nitrogens with zero attached hydrogens (tertiary/aromatic N) is 2. The molecule has 32 heavy (non-hydrogen) atoms. The topological polar surface area (TPSA) is 65.2 Å². The third-order valence-corrected chi connectivity index (χ3v) is 5.15. The van der Waals surface area contributed by atoms with Crippen molar-refractivity contribution in [3.63, 3.8) is 0 Å². The lowest BCUT2D eigenvalue weighted by Crippen LogP contribution is -2.16. The number of benzene rings is 4. The highest BCUT2D eigenvalue weighted by Gasteiger charge is 2.20. The van der Waals surface area contributed by atoms with Crippen LogP contribution in [0.3, 0.4) is 0 Å². The Labute approximate surface area is 187 Å². The highest BCUT2D eigenvalue weighted by Crippen LogP contribution is 2.22. The van der Waals surface area contributed by atoms with E-state index < -0.39 is 12.2 Å². The summed E-state index contributed by atoms with van der Waals surface area (Å²) in [4.78, 5) is 0. The summed E-state index contributed by atoms with van der Waals surface area (Å²) in [5.74, 6) is 0. The fourth-order valence-corrected chi connectivity index (χ4v) is 3.45. The van der Waals surface area contributed by atoms with Crippen molar-refractivity contribution in [2.45, 2.75) is 12.2 Å². The first-order chi connectivity index (χ1) is 15.7. The van der Waals surface area contributed by atoms with Gasteiger partial charge >= 0.3 is 0 Å². The van der Waals surface area contributed by atoms with Crippen LogP contribution in [0.15, 0.2) is 132 Å². The minimum Gasteiger partial charge on any atom is -0.382 e. The lowest BCUT2D eigenvalue weighted by molar-refractivity contribution is 0.245. The second-order valence-electron chi connectivity index (χ2n) is 7.33.